The lowest BCUT2D eigenvalue weighted by atomic mass is 9.87. The number of rotatable bonds is 8. The second-order valence-corrected chi connectivity index (χ2v) is 9.70. The van der Waals surface area contributed by atoms with Crippen molar-refractivity contribution in [1.82, 2.24) is 9.80 Å². The molecular weight excluding hydrogens is 368 g/mol. The third-order valence-corrected chi connectivity index (χ3v) is 7.78. The number of benzene rings is 2. The van der Waals surface area contributed by atoms with Crippen LogP contribution < -0.4 is 4.74 Å². The Labute approximate surface area is 182 Å². The SMILES string of the molecule is CCCN(C[C@H]1[C@@H]2CN(Cc3ccccc3)C[C@@H]21)C1CCc2ccc(OC)cc2C1. The van der Waals surface area contributed by atoms with Crippen LogP contribution >= 0.6 is 0 Å². The maximum absolute atomic E-state index is 5.48. The molecule has 1 saturated heterocycles. The van der Waals surface area contributed by atoms with Crippen molar-refractivity contribution in [2.75, 3.05) is 33.3 Å². The average molecular weight is 405 g/mol. The molecule has 3 aliphatic rings. The predicted molar refractivity (Wildman–Crippen MR) is 123 cm³/mol. The highest BCUT2D eigenvalue weighted by Gasteiger charge is 2.55. The van der Waals surface area contributed by atoms with Gasteiger partial charge >= 0.3 is 0 Å². The maximum atomic E-state index is 5.48. The Hall–Kier alpha value is -1.84. The molecule has 4 atom stereocenters. The molecular formula is C27H36N2O. The zero-order valence-corrected chi connectivity index (χ0v) is 18.6. The van der Waals surface area contributed by atoms with E-state index in [0.29, 0.717) is 6.04 Å². The minimum Gasteiger partial charge on any atom is -0.497 e. The average Bonchev–Trinajstić information content (AvgIpc) is 3.22. The van der Waals surface area contributed by atoms with Crippen molar-refractivity contribution in [2.45, 2.75) is 45.2 Å². The van der Waals surface area contributed by atoms with E-state index >= 15 is 0 Å². The molecule has 0 amide bonds. The summed E-state index contributed by atoms with van der Waals surface area (Å²) in [6, 6.07) is 18.3. The first-order chi connectivity index (χ1) is 14.7. The maximum Gasteiger partial charge on any atom is 0.119 e. The number of likely N-dealkylation sites (tertiary alicyclic amines) is 1. The summed E-state index contributed by atoms with van der Waals surface area (Å²) in [5, 5.41) is 0. The number of piperidine rings is 1. The smallest absolute Gasteiger partial charge is 0.119 e. The van der Waals surface area contributed by atoms with Crippen LogP contribution in [-0.4, -0.2) is 49.1 Å². The van der Waals surface area contributed by atoms with Crippen LogP contribution in [0.2, 0.25) is 0 Å². The number of nitrogens with zero attached hydrogens (tertiary/aromatic N) is 2. The summed E-state index contributed by atoms with van der Waals surface area (Å²) < 4.78 is 5.48. The van der Waals surface area contributed by atoms with Crippen LogP contribution in [0, 0.1) is 17.8 Å². The summed E-state index contributed by atoms with van der Waals surface area (Å²) in [5.74, 6) is 3.80. The van der Waals surface area contributed by atoms with E-state index < -0.39 is 0 Å². The lowest BCUT2D eigenvalue weighted by Gasteiger charge is -2.36. The minimum absolute atomic E-state index is 0.700. The van der Waals surface area contributed by atoms with Gasteiger partial charge < -0.3 is 4.74 Å². The van der Waals surface area contributed by atoms with E-state index in [1.165, 1.54) is 68.6 Å². The van der Waals surface area contributed by atoms with Gasteiger partial charge in [-0.3, -0.25) is 9.80 Å². The summed E-state index contributed by atoms with van der Waals surface area (Å²) in [5.41, 5.74) is 4.50. The zero-order chi connectivity index (χ0) is 20.5. The van der Waals surface area contributed by atoms with Crippen LogP contribution in [0.1, 0.15) is 36.5 Å². The highest BCUT2D eigenvalue weighted by molar-refractivity contribution is 5.38. The number of fused-ring (bicyclic) bond motifs is 2. The fourth-order valence-corrected chi connectivity index (χ4v) is 6.11. The number of hydrogen-bond acceptors (Lipinski definition) is 3. The molecule has 30 heavy (non-hydrogen) atoms. The largest absolute Gasteiger partial charge is 0.497 e. The van der Waals surface area contributed by atoms with Gasteiger partial charge in [-0.05, 0) is 78.8 Å². The monoisotopic (exact) mass is 404 g/mol. The van der Waals surface area contributed by atoms with Crippen molar-refractivity contribution in [3.05, 3.63) is 65.2 Å². The van der Waals surface area contributed by atoms with Crippen LogP contribution in [0.15, 0.2) is 48.5 Å². The molecule has 1 aliphatic heterocycles. The number of hydrogen-bond donors (Lipinski definition) is 0. The number of methoxy groups -OCH3 is 1. The summed E-state index contributed by atoms with van der Waals surface area (Å²) in [4.78, 5) is 5.52. The van der Waals surface area contributed by atoms with Gasteiger partial charge in [-0.1, -0.05) is 43.3 Å². The Morgan fingerprint density at radius 2 is 1.83 bits per heavy atom. The van der Waals surface area contributed by atoms with Crippen molar-refractivity contribution in [3.63, 3.8) is 0 Å². The molecule has 2 aliphatic carbocycles. The second-order valence-electron chi connectivity index (χ2n) is 9.70. The van der Waals surface area contributed by atoms with Gasteiger partial charge in [-0.2, -0.15) is 0 Å². The van der Waals surface area contributed by atoms with Crippen LogP contribution in [0.4, 0.5) is 0 Å². The summed E-state index contributed by atoms with van der Waals surface area (Å²) in [6.07, 6.45) is 4.96. The van der Waals surface area contributed by atoms with Gasteiger partial charge in [-0.15, -0.1) is 0 Å². The van der Waals surface area contributed by atoms with E-state index in [2.05, 4.69) is 65.3 Å². The predicted octanol–water partition coefficient (Wildman–Crippen LogP) is 4.64. The minimum atomic E-state index is 0.700. The lowest BCUT2D eigenvalue weighted by Crippen LogP contribution is -2.42. The summed E-state index contributed by atoms with van der Waals surface area (Å²) >= 11 is 0. The number of aryl methyl sites for hydroxylation is 1. The van der Waals surface area contributed by atoms with Gasteiger partial charge in [0.1, 0.15) is 5.75 Å². The van der Waals surface area contributed by atoms with Crippen molar-refractivity contribution < 1.29 is 4.74 Å². The third kappa shape index (κ3) is 4.15. The van der Waals surface area contributed by atoms with Crippen molar-refractivity contribution in [2.24, 2.45) is 17.8 Å². The molecule has 2 aromatic rings. The zero-order valence-electron chi connectivity index (χ0n) is 18.6. The normalized spacial score (nSPS) is 27.7. The third-order valence-electron chi connectivity index (χ3n) is 7.78. The standard InChI is InChI=1S/C27H36N2O/c1-3-13-29(23-11-9-21-10-12-24(30-2)15-22(21)14-23)19-27-25-17-28(18-26(25)27)16-20-7-5-4-6-8-20/h4-8,10,12,15,23,25-27H,3,9,11,13-14,16-19H2,1-2H3/t23?,25-,26+,27+. The summed E-state index contributed by atoms with van der Waals surface area (Å²) in [7, 11) is 1.78. The first kappa shape index (κ1) is 20.1. The van der Waals surface area contributed by atoms with E-state index in [1.807, 2.05) is 0 Å². The topological polar surface area (TPSA) is 15.7 Å². The lowest BCUT2D eigenvalue weighted by molar-refractivity contribution is 0.157. The summed E-state index contributed by atoms with van der Waals surface area (Å²) in [6.45, 7) is 8.62. The van der Waals surface area contributed by atoms with Gasteiger partial charge in [0.15, 0.2) is 0 Å². The molecule has 1 heterocycles. The van der Waals surface area contributed by atoms with E-state index in [4.69, 9.17) is 4.74 Å². The molecule has 2 aromatic carbocycles. The number of ether oxygens (including phenoxy) is 1. The van der Waals surface area contributed by atoms with Gasteiger partial charge in [0.05, 0.1) is 7.11 Å². The van der Waals surface area contributed by atoms with Crippen molar-refractivity contribution in [3.8, 4) is 5.75 Å². The van der Waals surface area contributed by atoms with Gasteiger partial charge in [0.25, 0.3) is 0 Å². The van der Waals surface area contributed by atoms with Gasteiger partial charge in [0.2, 0.25) is 0 Å². The molecule has 3 heteroatoms. The van der Waals surface area contributed by atoms with Crippen molar-refractivity contribution in [1.29, 1.82) is 0 Å². The molecule has 3 nitrogen and oxygen atoms in total. The van der Waals surface area contributed by atoms with Crippen LogP contribution in [0.5, 0.6) is 5.75 Å². The fourth-order valence-electron chi connectivity index (χ4n) is 6.11. The molecule has 0 spiro atoms. The Balaban J connectivity index is 1.17. The molecule has 160 valence electrons. The Bertz CT molecular complexity index is 839. The van der Waals surface area contributed by atoms with Crippen molar-refractivity contribution >= 4 is 0 Å². The molecule has 0 aromatic heterocycles. The highest BCUT2D eigenvalue weighted by Crippen LogP contribution is 2.52. The molecule has 0 N–H and O–H groups in total. The molecule has 5 rings (SSSR count). The molecule has 2 fully saturated rings. The molecule has 1 saturated carbocycles. The fraction of sp³-hybridized carbons (Fsp3) is 0.556. The van der Waals surface area contributed by atoms with Crippen LogP contribution in [0.25, 0.3) is 0 Å². The van der Waals surface area contributed by atoms with Gasteiger partial charge in [-0.25, -0.2) is 0 Å². The Kier molecular flexibility index (Phi) is 5.84. The highest BCUT2D eigenvalue weighted by atomic mass is 16.5. The van der Waals surface area contributed by atoms with E-state index in [9.17, 15) is 0 Å². The quantitative estimate of drug-likeness (QED) is 0.637. The molecule has 0 bridgehead atoms. The first-order valence-electron chi connectivity index (χ1n) is 11.9. The molecule has 0 radical (unpaired) electrons. The van der Waals surface area contributed by atoms with Crippen LogP contribution in [0.3, 0.4) is 0 Å². The first-order valence-corrected chi connectivity index (χ1v) is 11.9. The van der Waals surface area contributed by atoms with E-state index in [0.717, 1.165) is 30.0 Å². The Morgan fingerprint density at radius 3 is 2.57 bits per heavy atom. The molecule has 1 unspecified atom stereocenters. The second kappa shape index (κ2) is 8.72. The van der Waals surface area contributed by atoms with Crippen LogP contribution in [-0.2, 0) is 19.4 Å². The van der Waals surface area contributed by atoms with Gasteiger partial charge in [0, 0.05) is 32.2 Å². The van der Waals surface area contributed by atoms with E-state index in [-0.39, 0.29) is 0 Å². The Morgan fingerprint density at radius 1 is 1.03 bits per heavy atom. The van der Waals surface area contributed by atoms with E-state index in [1.54, 1.807) is 7.11 Å².